The number of amides is 1. The van der Waals surface area contributed by atoms with Crippen molar-refractivity contribution in [1.29, 1.82) is 0 Å². The number of carbonyl (C=O) groups excluding carboxylic acids is 1. The van der Waals surface area contributed by atoms with Crippen LogP contribution in [0.2, 0.25) is 0 Å². The number of benzene rings is 1. The number of carbonyl (C=O) groups is 1. The van der Waals surface area contributed by atoms with Crippen LogP contribution >= 0.6 is 22.7 Å². The molecule has 0 aliphatic carbocycles. The van der Waals surface area contributed by atoms with Crippen LogP contribution in [0.15, 0.2) is 52.8 Å². The monoisotopic (exact) mass is 532 g/mol. The van der Waals surface area contributed by atoms with Crippen molar-refractivity contribution in [2.75, 3.05) is 62.3 Å². The Kier molecular flexibility index (Phi) is 5.56. The number of piperazine rings is 1. The minimum absolute atomic E-state index is 0.216. The summed E-state index contributed by atoms with van der Waals surface area (Å²) in [5, 5.41) is 3.38. The van der Waals surface area contributed by atoms with E-state index in [9.17, 15) is 9.59 Å². The first kappa shape index (κ1) is 22.6. The van der Waals surface area contributed by atoms with Gasteiger partial charge in [0.1, 0.15) is 16.2 Å². The largest absolute Gasteiger partial charge is 0.378 e. The molecule has 0 radical (unpaired) electrons. The lowest BCUT2D eigenvalue weighted by atomic mass is 10.1. The van der Waals surface area contributed by atoms with Crippen molar-refractivity contribution in [2.24, 2.45) is 0 Å². The van der Waals surface area contributed by atoms with Gasteiger partial charge in [-0.25, -0.2) is 9.97 Å². The van der Waals surface area contributed by atoms with E-state index in [1.165, 1.54) is 11.3 Å². The fraction of sp³-hybridized carbons (Fsp3) is 0.308. The van der Waals surface area contributed by atoms with Crippen LogP contribution in [0.5, 0.6) is 0 Å². The first-order valence-electron chi connectivity index (χ1n) is 12.3. The molecule has 11 heteroatoms. The average molecular weight is 533 g/mol. The van der Waals surface area contributed by atoms with Crippen LogP contribution in [-0.4, -0.2) is 77.7 Å². The zero-order valence-corrected chi connectivity index (χ0v) is 21.6. The highest BCUT2D eigenvalue weighted by atomic mass is 32.1. The van der Waals surface area contributed by atoms with Crippen molar-refractivity contribution in [3.05, 3.63) is 63.8 Å². The van der Waals surface area contributed by atoms with Gasteiger partial charge in [0.15, 0.2) is 10.8 Å². The van der Waals surface area contributed by atoms with E-state index < -0.39 is 0 Å². The Morgan fingerprint density at radius 3 is 2.54 bits per heavy atom. The van der Waals surface area contributed by atoms with Gasteiger partial charge in [-0.3, -0.25) is 14.0 Å². The number of para-hydroxylation sites is 1. The number of aromatic nitrogens is 3. The lowest BCUT2D eigenvalue weighted by Gasteiger charge is -2.34. The molecule has 188 valence electrons. The Morgan fingerprint density at radius 2 is 1.76 bits per heavy atom. The van der Waals surface area contributed by atoms with E-state index >= 15 is 0 Å². The molecule has 37 heavy (non-hydrogen) atoms. The van der Waals surface area contributed by atoms with Crippen molar-refractivity contribution in [1.82, 2.24) is 19.3 Å². The minimum Gasteiger partial charge on any atom is -0.378 e. The number of rotatable bonds is 3. The quantitative estimate of drug-likeness (QED) is 0.353. The number of pyridine rings is 2. The summed E-state index contributed by atoms with van der Waals surface area (Å²) in [5.41, 5.74) is 1.51. The predicted molar refractivity (Wildman–Crippen MR) is 148 cm³/mol. The summed E-state index contributed by atoms with van der Waals surface area (Å²) in [6.07, 6.45) is 1.80. The van der Waals surface area contributed by atoms with Crippen LogP contribution in [-0.2, 0) is 4.74 Å². The highest BCUT2D eigenvalue weighted by molar-refractivity contribution is 7.24. The topological polar surface area (TPSA) is 83.3 Å². The van der Waals surface area contributed by atoms with Crippen molar-refractivity contribution >= 4 is 65.6 Å². The zero-order valence-electron chi connectivity index (χ0n) is 20.0. The van der Waals surface area contributed by atoms with Crippen molar-refractivity contribution < 1.29 is 9.53 Å². The van der Waals surface area contributed by atoms with Crippen LogP contribution in [0.25, 0.3) is 26.1 Å². The van der Waals surface area contributed by atoms with Crippen LogP contribution < -0.4 is 15.2 Å². The lowest BCUT2D eigenvalue weighted by Crippen LogP contribution is -2.49. The second kappa shape index (κ2) is 9.09. The molecule has 0 unspecified atom stereocenters. The average Bonchev–Trinajstić information content (AvgIpc) is 3.62. The normalized spacial score (nSPS) is 16.8. The number of nitrogens with zero attached hydrogens (tertiary/aromatic N) is 6. The number of fused-ring (bicyclic) bond motifs is 5. The SMILES string of the molecule is O=C(c1c(=O)c2ccc(N3CCOCC3)nc2n2c1sc1ccccc12)N1CCN(c2nccs2)CC1. The summed E-state index contributed by atoms with van der Waals surface area (Å²) in [6.45, 7) is 5.28. The first-order chi connectivity index (χ1) is 18.2. The molecule has 4 aromatic heterocycles. The van der Waals surface area contributed by atoms with Crippen molar-refractivity contribution in [2.45, 2.75) is 0 Å². The number of thiazole rings is 2. The molecule has 6 heterocycles. The van der Waals surface area contributed by atoms with E-state index in [1.54, 1.807) is 22.4 Å². The molecule has 0 N–H and O–H groups in total. The number of morpholine rings is 1. The van der Waals surface area contributed by atoms with Crippen molar-refractivity contribution in [3.8, 4) is 0 Å². The van der Waals surface area contributed by atoms with Gasteiger partial charge in [0.05, 0.1) is 28.8 Å². The van der Waals surface area contributed by atoms with Crippen LogP contribution in [0.3, 0.4) is 0 Å². The minimum atomic E-state index is -0.255. The van der Waals surface area contributed by atoms with Gasteiger partial charge in [0.25, 0.3) is 5.91 Å². The van der Waals surface area contributed by atoms with Gasteiger partial charge < -0.3 is 19.4 Å². The molecule has 1 aromatic carbocycles. The Balaban J connectivity index is 1.35. The maximum atomic E-state index is 13.9. The molecule has 2 aliphatic heterocycles. The summed E-state index contributed by atoms with van der Waals surface area (Å²) in [7, 11) is 0. The summed E-state index contributed by atoms with van der Waals surface area (Å²) in [6, 6.07) is 11.7. The van der Waals surface area contributed by atoms with E-state index in [4.69, 9.17) is 9.72 Å². The molecule has 0 spiro atoms. The molecule has 9 nitrogen and oxygen atoms in total. The maximum absolute atomic E-state index is 13.9. The third-order valence-electron chi connectivity index (χ3n) is 7.08. The van der Waals surface area contributed by atoms with Crippen molar-refractivity contribution in [3.63, 3.8) is 0 Å². The maximum Gasteiger partial charge on any atom is 0.260 e. The highest BCUT2D eigenvalue weighted by Gasteiger charge is 2.29. The second-order valence-electron chi connectivity index (χ2n) is 9.15. The second-order valence-corrected chi connectivity index (χ2v) is 11.1. The van der Waals surface area contributed by atoms with Crippen LogP contribution in [0.1, 0.15) is 10.4 Å². The number of ether oxygens (including phenoxy) is 1. The standard InChI is InChI=1S/C26H24N6O3S2/c33-22-17-5-6-20(29-12-14-35-15-13-29)28-23(17)32-18-3-1-2-4-19(18)37-25(32)21(22)24(34)30-8-10-31(11-9-30)26-27-7-16-36-26/h1-7,16H,8-15H2. The molecule has 0 bridgehead atoms. The predicted octanol–water partition coefficient (Wildman–Crippen LogP) is 3.32. The van der Waals surface area contributed by atoms with Gasteiger partial charge in [0, 0.05) is 50.8 Å². The smallest absolute Gasteiger partial charge is 0.260 e. The molecule has 2 aliphatic rings. The highest BCUT2D eigenvalue weighted by Crippen LogP contribution is 2.32. The van der Waals surface area contributed by atoms with Gasteiger partial charge in [0.2, 0.25) is 5.43 Å². The molecular weight excluding hydrogens is 508 g/mol. The molecule has 7 rings (SSSR count). The summed E-state index contributed by atoms with van der Waals surface area (Å²) >= 11 is 3.07. The number of anilines is 2. The Bertz CT molecular complexity index is 1680. The summed E-state index contributed by atoms with van der Waals surface area (Å²) < 4.78 is 8.51. The van der Waals surface area contributed by atoms with Gasteiger partial charge in [-0.15, -0.1) is 22.7 Å². The van der Waals surface area contributed by atoms with Gasteiger partial charge in [-0.05, 0) is 24.3 Å². The van der Waals surface area contributed by atoms with Crippen LogP contribution in [0.4, 0.5) is 10.9 Å². The van der Waals surface area contributed by atoms with Gasteiger partial charge >= 0.3 is 0 Å². The Morgan fingerprint density at radius 1 is 0.946 bits per heavy atom. The zero-order chi connectivity index (χ0) is 24.9. The van der Waals surface area contributed by atoms with Crippen LogP contribution in [0, 0.1) is 0 Å². The Hall–Kier alpha value is -3.54. The molecule has 1 amide bonds. The molecule has 0 atom stereocenters. The molecular formula is C26H24N6O3S2. The first-order valence-corrected chi connectivity index (χ1v) is 14.0. The van der Waals surface area contributed by atoms with E-state index in [1.807, 2.05) is 46.2 Å². The third-order valence-corrected chi connectivity index (χ3v) is 9.06. The molecule has 2 fully saturated rings. The third kappa shape index (κ3) is 3.76. The van der Waals surface area contributed by atoms with E-state index in [0.717, 1.165) is 34.3 Å². The molecule has 2 saturated heterocycles. The van der Waals surface area contributed by atoms with E-state index in [-0.39, 0.29) is 16.9 Å². The Labute approximate surface area is 220 Å². The van der Waals surface area contributed by atoms with Gasteiger partial charge in [-0.2, -0.15) is 0 Å². The van der Waals surface area contributed by atoms with E-state index in [0.29, 0.717) is 55.3 Å². The number of hydrogen-bond acceptors (Lipinski definition) is 9. The molecule has 0 saturated carbocycles. The summed E-state index contributed by atoms with van der Waals surface area (Å²) in [5.74, 6) is 0.601. The lowest BCUT2D eigenvalue weighted by molar-refractivity contribution is 0.0747. The fourth-order valence-electron chi connectivity index (χ4n) is 5.17. The fourth-order valence-corrected chi connectivity index (χ4v) is 7.04. The summed E-state index contributed by atoms with van der Waals surface area (Å²) in [4.78, 5) is 44.0. The molecule has 5 aromatic rings. The van der Waals surface area contributed by atoms with E-state index in [2.05, 4.69) is 14.8 Å². The van der Waals surface area contributed by atoms with Gasteiger partial charge in [-0.1, -0.05) is 12.1 Å². The number of hydrogen-bond donors (Lipinski definition) is 0.